The Labute approximate surface area is 60.6 Å². The van der Waals surface area contributed by atoms with Gasteiger partial charge in [-0.15, -0.1) is 0 Å². The summed E-state index contributed by atoms with van der Waals surface area (Å²) < 4.78 is 0. The Hall–Kier alpha value is -1.05. The van der Waals surface area contributed by atoms with Crippen LogP contribution in [0.2, 0.25) is 0 Å². The van der Waals surface area contributed by atoms with Gasteiger partial charge in [-0.05, 0) is 25.3 Å². The van der Waals surface area contributed by atoms with Gasteiger partial charge in [-0.3, -0.25) is 0 Å². The maximum atomic E-state index is 8.19. The summed E-state index contributed by atoms with van der Waals surface area (Å²) in [5, 5.41) is 11.2. The van der Waals surface area contributed by atoms with E-state index in [9.17, 15) is 0 Å². The molecule has 10 heavy (non-hydrogen) atoms. The minimum absolute atomic E-state index is 0.899. The number of hydrogen-bond acceptors (Lipinski definition) is 2. The van der Waals surface area contributed by atoms with E-state index in [1.165, 1.54) is 11.8 Å². The Balaban J connectivity index is 2.54. The van der Waals surface area contributed by atoms with Gasteiger partial charge < -0.3 is 5.21 Å². The van der Waals surface area contributed by atoms with Gasteiger partial charge in [0.25, 0.3) is 0 Å². The van der Waals surface area contributed by atoms with Gasteiger partial charge in [0.15, 0.2) is 0 Å². The third-order valence-electron chi connectivity index (χ3n) is 1.60. The number of hydrogen-bond donors (Lipinski definition) is 1. The molecule has 0 radical (unpaired) electrons. The fourth-order valence-electron chi connectivity index (χ4n) is 0.930. The third kappa shape index (κ3) is 1.72. The maximum Gasteiger partial charge on any atom is 0.0693 e. The Morgan fingerprint density at radius 2 is 2.30 bits per heavy atom. The van der Waals surface area contributed by atoms with Crippen LogP contribution in [0.3, 0.4) is 0 Å². The van der Waals surface area contributed by atoms with Crippen molar-refractivity contribution in [2.45, 2.75) is 19.8 Å². The van der Waals surface area contributed by atoms with Crippen LogP contribution in [-0.2, 0) is 0 Å². The lowest BCUT2D eigenvalue weighted by Crippen LogP contribution is -1.90. The highest BCUT2D eigenvalue weighted by Crippen LogP contribution is 2.14. The molecule has 0 amide bonds. The molecule has 0 aromatic carbocycles. The molecule has 0 saturated heterocycles. The highest BCUT2D eigenvalue weighted by Gasteiger charge is 1.98. The Morgan fingerprint density at radius 3 is 2.80 bits per heavy atom. The smallest absolute Gasteiger partial charge is 0.0693 e. The SMILES string of the molecule is CC1=CCC(/C=N/O)=CC1. The normalized spacial score (nSPS) is 18.9. The van der Waals surface area contributed by atoms with E-state index in [-0.39, 0.29) is 0 Å². The Bertz CT molecular complexity index is 201. The molecule has 0 aromatic rings. The predicted molar refractivity (Wildman–Crippen MR) is 41.4 cm³/mol. The zero-order valence-corrected chi connectivity index (χ0v) is 6.04. The van der Waals surface area contributed by atoms with Crippen LogP contribution in [0.25, 0.3) is 0 Å². The molecule has 0 heterocycles. The molecule has 2 heteroatoms. The van der Waals surface area contributed by atoms with E-state index in [1.54, 1.807) is 0 Å². The number of nitrogens with zero attached hydrogens (tertiary/aromatic N) is 1. The first kappa shape index (κ1) is 7.06. The zero-order valence-electron chi connectivity index (χ0n) is 6.04. The van der Waals surface area contributed by atoms with Crippen molar-refractivity contribution in [3.05, 3.63) is 23.3 Å². The zero-order chi connectivity index (χ0) is 7.40. The fourth-order valence-corrected chi connectivity index (χ4v) is 0.930. The Morgan fingerprint density at radius 1 is 1.50 bits per heavy atom. The molecule has 1 N–H and O–H groups in total. The van der Waals surface area contributed by atoms with Crippen molar-refractivity contribution < 1.29 is 5.21 Å². The van der Waals surface area contributed by atoms with Gasteiger partial charge >= 0.3 is 0 Å². The molecular weight excluding hydrogens is 126 g/mol. The summed E-state index contributed by atoms with van der Waals surface area (Å²) in [6, 6.07) is 0. The average Bonchev–Trinajstić information content (AvgIpc) is 1.95. The van der Waals surface area contributed by atoms with E-state index in [2.05, 4.69) is 24.2 Å². The van der Waals surface area contributed by atoms with E-state index < -0.39 is 0 Å². The summed E-state index contributed by atoms with van der Waals surface area (Å²) in [5.74, 6) is 0. The molecule has 0 saturated carbocycles. The van der Waals surface area contributed by atoms with Crippen molar-refractivity contribution in [3.63, 3.8) is 0 Å². The molecule has 1 aliphatic carbocycles. The van der Waals surface area contributed by atoms with Crippen LogP contribution >= 0.6 is 0 Å². The van der Waals surface area contributed by atoms with E-state index in [0.717, 1.165) is 18.4 Å². The number of rotatable bonds is 1. The van der Waals surface area contributed by atoms with Crippen LogP contribution in [0.15, 0.2) is 28.5 Å². The van der Waals surface area contributed by atoms with Crippen LogP contribution < -0.4 is 0 Å². The van der Waals surface area contributed by atoms with E-state index in [0.29, 0.717) is 0 Å². The first-order valence-corrected chi connectivity index (χ1v) is 3.35. The standard InChI is InChI=1S/C8H11NO/c1-7-2-4-8(5-3-7)6-9-10/h2,5-6,10H,3-4H2,1H3/b9-6+. The van der Waals surface area contributed by atoms with Crippen LogP contribution in [0.1, 0.15) is 19.8 Å². The molecule has 1 aliphatic rings. The van der Waals surface area contributed by atoms with Gasteiger partial charge in [-0.1, -0.05) is 22.9 Å². The molecule has 0 unspecified atom stereocenters. The second kappa shape index (κ2) is 3.20. The topological polar surface area (TPSA) is 32.6 Å². The lowest BCUT2D eigenvalue weighted by atomic mass is 10.0. The third-order valence-corrected chi connectivity index (χ3v) is 1.60. The first-order chi connectivity index (χ1) is 4.83. The van der Waals surface area contributed by atoms with E-state index >= 15 is 0 Å². The van der Waals surface area contributed by atoms with Crippen molar-refractivity contribution in [1.82, 2.24) is 0 Å². The molecule has 0 atom stereocenters. The minimum atomic E-state index is 0.899. The summed E-state index contributed by atoms with van der Waals surface area (Å²) in [6.45, 7) is 2.10. The highest BCUT2D eigenvalue weighted by molar-refractivity contribution is 5.78. The summed E-state index contributed by atoms with van der Waals surface area (Å²) in [5.41, 5.74) is 2.48. The summed E-state index contributed by atoms with van der Waals surface area (Å²) in [7, 11) is 0. The molecule has 54 valence electrons. The van der Waals surface area contributed by atoms with E-state index in [1.807, 2.05) is 0 Å². The number of allylic oxidation sites excluding steroid dienone is 4. The Kier molecular flexibility index (Phi) is 2.26. The minimum Gasteiger partial charge on any atom is -0.411 e. The molecule has 0 aromatic heterocycles. The summed E-state index contributed by atoms with van der Waals surface area (Å²) in [6.07, 6.45) is 7.60. The van der Waals surface area contributed by atoms with Gasteiger partial charge in [0, 0.05) is 0 Å². The van der Waals surface area contributed by atoms with Gasteiger partial charge in [-0.25, -0.2) is 0 Å². The van der Waals surface area contributed by atoms with Crippen molar-refractivity contribution in [2.24, 2.45) is 5.16 Å². The van der Waals surface area contributed by atoms with E-state index in [4.69, 9.17) is 5.21 Å². The molecule has 2 nitrogen and oxygen atoms in total. The molecule has 0 aliphatic heterocycles. The van der Waals surface area contributed by atoms with Gasteiger partial charge in [0.2, 0.25) is 0 Å². The first-order valence-electron chi connectivity index (χ1n) is 3.35. The van der Waals surface area contributed by atoms with Crippen molar-refractivity contribution in [3.8, 4) is 0 Å². The van der Waals surface area contributed by atoms with Crippen molar-refractivity contribution in [1.29, 1.82) is 0 Å². The van der Waals surface area contributed by atoms with Crippen LogP contribution in [0.5, 0.6) is 0 Å². The van der Waals surface area contributed by atoms with Gasteiger partial charge in [0.1, 0.15) is 0 Å². The quantitative estimate of drug-likeness (QED) is 0.255. The molecular formula is C8H11NO. The molecule has 1 rings (SSSR count). The maximum absolute atomic E-state index is 8.19. The second-order valence-corrected chi connectivity index (χ2v) is 2.48. The molecule has 0 spiro atoms. The monoisotopic (exact) mass is 137 g/mol. The average molecular weight is 137 g/mol. The summed E-state index contributed by atoms with van der Waals surface area (Å²) in [4.78, 5) is 0. The predicted octanol–water partition coefficient (Wildman–Crippen LogP) is 2.11. The lowest BCUT2D eigenvalue weighted by molar-refractivity contribution is 0.321. The summed E-state index contributed by atoms with van der Waals surface area (Å²) >= 11 is 0. The second-order valence-electron chi connectivity index (χ2n) is 2.48. The van der Waals surface area contributed by atoms with Crippen LogP contribution in [0.4, 0.5) is 0 Å². The largest absolute Gasteiger partial charge is 0.411 e. The molecule has 0 fully saturated rings. The van der Waals surface area contributed by atoms with Crippen molar-refractivity contribution in [2.75, 3.05) is 0 Å². The van der Waals surface area contributed by atoms with Gasteiger partial charge in [-0.2, -0.15) is 0 Å². The number of oxime groups is 1. The highest BCUT2D eigenvalue weighted by atomic mass is 16.4. The van der Waals surface area contributed by atoms with Crippen LogP contribution in [-0.4, -0.2) is 11.4 Å². The fraction of sp³-hybridized carbons (Fsp3) is 0.375. The van der Waals surface area contributed by atoms with Gasteiger partial charge in [0.05, 0.1) is 6.21 Å². The molecule has 0 bridgehead atoms. The van der Waals surface area contributed by atoms with Crippen LogP contribution in [0, 0.1) is 0 Å². The van der Waals surface area contributed by atoms with Crippen molar-refractivity contribution >= 4 is 6.21 Å². The lowest BCUT2D eigenvalue weighted by Gasteiger charge is -2.05.